The van der Waals surface area contributed by atoms with Crippen molar-refractivity contribution in [3.05, 3.63) is 28.7 Å². The summed E-state index contributed by atoms with van der Waals surface area (Å²) in [4.78, 5) is 18.9. The van der Waals surface area contributed by atoms with Crippen molar-refractivity contribution in [3.8, 4) is 0 Å². The van der Waals surface area contributed by atoms with E-state index in [2.05, 4.69) is 31.3 Å². The second-order valence-corrected chi connectivity index (χ2v) is 7.15. The summed E-state index contributed by atoms with van der Waals surface area (Å²) in [5.74, 6) is 0.0468. The average Bonchev–Trinajstić information content (AvgIpc) is 2.48. The largest absolute Gasteiger partial charge is 0.384 e. The van der Waals surface area contributed by atoms with Gasteiger partial charge in [0.1, 0.15) is 0 Å². The first kappa shape index (κ1) is 18.7. The third-order valence-electron chi connectivity index (χ3n) is 3.40. The third-order valence-corrected chi connectivity index (χ3v) is 3.92. The van der Waals surface area contributed by atoms with Crippen molar-refractivity contribution in [1.82, 2.24) is 4.90 Å². The molecule has 132 valence electrons. The van der Waals surface area contributed by atoms with Gasteiger partial charge >= 0.3 is 0 Å². The van der Waals surface area contributed by atoms with E-state index < -0.39 is 0 Å². The molecule has 8 heteroatoms. The minimum absolute atomic E-state index is 0.189. The zero-order valence-electron chi connectivity index (χ0n) is 13.9. The maximum absolute atomic E-state index is 11.8. The van der Waals surface area contributed by atoms with E-state index in [4.69, 9.17) is 15.3 Å². The number of hydrogen-bond acceptors (Lipinski definition) is 5. The first-order valence-corrected chi connectivity index (χ1v) is 8.49. The number of nitrogens with one attached hydrogen (secondary N) is 1. The van der Waals surface area contributed by atoms with E-state index in [-0.39, 0.29) is 18.1 Å². The molecule has 0 radical (unpaired) electrons. The van der Waals surface area contributed by atoms with Gasteiger partial charge in [0.2, 0.25) is 0 Å². The Morgan fingerprint density at radius 2 is 2.17 bits per heavy atom. The van der Waals surface area contributed by atoms with Crippen molar-refractivity contribution < 1.29 is 14.4 Å². The predicted molar refractivity (Wildman–Crippen MR) is 96.8 cm³/mol. The van der Waals surface area contributed by atoms with Crippen LogP contribution in [0.25, 0.3) is 0 Å². The first-order valence-electron chi connectivity index (χ1n) is 7.70. The summed E-state index contributed by atoms with van der Waals surface area (Å²) in [5, 5.41) is 6.52. The number of morpholine rings is 1. The fraction of sp³-hybridized carbons (Fsp3) is 0.500. The van der Waals surface area contributed by atoms with Crippen LogP contribution in [-0.2, 0) is 14.4 Å². The standard InChI is InChI=1S/C16H23BrN4O3/c1-16(2)11-21(7-8-23-16)9-14(18)20-24-10-15(22)19-13-5-3-12(17)4-6-13/h3-6H,7-11H2,1-2H3,(H2,18,20)(H,19,22). The highest BCUT2D eigenvalue weighted by atomic mass is 79.9. The summed E-state index contributed by atoms with van der Waals surface area (Å²) in [5.41, 5.74) is 6.36. The Kier molecular flexibility index (Phi) is 6.59. The first-order chi connectivity index (χ1) is 11.3. The van der Waals surface area contributed by atoms with E-state index in [1.165, 1.54) is 0 Å². The molecule has 1 amide bonds. The summed E-state index contributed by atoms with van der Waals surface area (Å²) in [6, 6.07) is 7.27. The van der Waals surface area contributed by atoms with Gasteiger partial charge in [0.15, 0.2) is 12.4 Å². The predicted octanol–water partition coefficient (Wildman–Crippen LogP) is 1.79. The number of nitrogens with zero attached hydrogens (tertiary/aromatic N) is 2. The molecule has 1 aliphatic heterocycles. The molecule has 0 saturated carbocycles. The molecular formula is C16H23BrN4O3. The van der Waals surface area contributed by atoms with Gasteiger partial charge in [-0.15, -0.1) is 0 Å². The van der Waals surface area contributed by atoms with Crippen LogP contribution < -0.4 is 11.1 Å². The van der Waals surface area contributed by atoms with Gasteiger partial charge in [0, 0.05) is 23.2 Å². The average molecular weight is 399 g/mol. The van der Waals surface area contributed by atoms with Crippen LogP contribution in [-0.4, -0.2) is 55.1 Å². The number of halogens is 1. The highest BCUT2D eigenvalue weighted by Gasteiger charge is 2.27. The lowest BCUT2D eigenvalue weighted by molar-refractivity contribution is -0.120. The Bertz CT molecular complexity index is 589. The minimum Gasteiger partial charge on any atom is -0.384 e. The molecule has 7 nitrogen and oxygen atoms in total. The van der Waals surface area contributed by atoms with Gasteiger partial charge in [-0.1, -0.05) is 21.1 Å². The number of amides is 1. The van der Waals surface area contributed by atoms with Crippen LogP contribution in [0.5, 0.6) is 0 Å². The molecule has 1 saturated heterocycles. The van der Waals surface area contributed by atoms with Gasteiger partial charge < -0.3 is 20.6 Å². The van der Waals surface area contributed by atoms with E-state index in [9.17, 15) is 4.79 Å². The number of carbonyl (C=O) groups excluding carboxylic acids is 1. The maximum atomic E-state index is 11.8. The lowest BCUT2D eigenvalue weighted by Gasteiger charge is -2.37. The Morgan fingerprint density at radius 3 is 2.83 bits per heavy atom. The maximum Gasteiger partial charge on any atom is 0.265 e. The van der Waals surface area contributed by atoms with Crippen molar-refractivity contribution in [2.24, 2.45) is 10.9 Å². The van der Waals surface area contributed by atoms with Crippen LogP contribution in [0, 0.1) is 0 Å². The molecule has 0 aliphatic carbocycles. The number of hydrogen-bond donors (Lipinski definition) is 2. The number of oxime groups is 1. The van der Waals surface area contributed by atoms with E-state index in [1.807, 2.05) is 26.0 Å². The number of nitrogens with two attached hydrogens (primary N) is 1. The number of ether oxygens (including phenoxy) is 1. The van der Waals surface area contributed by atoms with E-state index in [1.54, 1.807) is 12.1 Å². The Hall–Kier alpha value is -1.64. The molecule has 1 aromatic carbocycles. The van der Waals surface area contributed by atoms with Crippen LogP contribution in [0.4, 0.5) is 5.69 Å². The zero-order valence-corrected chi connectivity index (χ0v) is 15.5. The molecule has 24 heavy (non-hydrogen) atoms. The van der Waals surface area contributed by atoms with Crippen molar-refractivity contribution in [2.75, 3.05) is 38.2 Å². The third kappa shape index (κ3) is 6.46. The molecule has 0 bridgehead atoms. The monoisotopic (exact) mass is 398 g/mol. The quantitative estimate of drug-likeness (QED) is 0.433. The topological polar surface area (TPSA) is 89.2 Å². The minimum atomic E-state index is -0.290. The molecular weight excluding hydrogens is 376 g/mol. The Labute approximate surface area is 150 Å². The van der Waals surface area contributed by atoms with Gasteiger partial charge in [0.05, 0.1) is 18.8 Å². The molecule has 1 fully saturated rings. The van der Waals surface area contributed by atoms with E-state index in [0.717, 1.165) is 17.6 Å². The summed E-state index contributed by atoms with van der Waals surface area (Å²) >= 11 is 3.34. The second-order valence-electron chi connectivity index (χ2n) is 6.23. The van der Waals surface area contributed by atoms with Crippen molar-refractivity contribution in [3.63, 3.8) is 0 Å². The van der Waals surface area contributed by atoms with Gasteiger partial charge in [0.25, 0.3) is 5.91 Å². The molecule has 1 aromatic rings. The lowest BCUT2D eigenvalue weighted by Crippen LogP contribution is -2.50. The number of amidine groups is 1. The molecule has 0 aromatic heterocycles. The summed E-state index contributed by atoms with van der Waals surface area (Å²) in [6.45, 7) is 6.60. The van der Waals surface area contributed by atoms with Gasteiger partial charge in [-0.2, -0.15) is 0 Å². The van der Waals surface area contributed by atoms with E-state index >= 15 is 0 Å². The van der Waals surface area contributed by atoms with Crippen LogP contribution in [0.2, 0.25) is 0 Å². The van der Waals surface area contributed by atoms with Crippen LogP contribution in [0.15, 0.2) is 33.9 Å². The fourth-order valence-electron chi connectivity index (χ4n) is 2.41. The smallest absolute Gasteiger partial charge is 0.265 e. The molecule has 1 heterocycles. The highest BCUT2D eigenvalue weighted by molar-refractivity contribution is 9.10. The van der Waals surface area contributed by atoms with Gasteiger partial charge in [-0.25, -0.2) is 0 Å². The van der Waals surface area contributed by atoms with Crippen molar-refractivity contribution >= 4 is 33.4 Å². The number of rotatable bonds is 6. The normalized spacial score (nSPS) is 18.2. The summed E-state index contributed by atoms with van der Waals surface area (Å²) < 4.78 is 6.59. The Balaban J connectivity index is 1.72. The molecule has 1 aliphatic rings. The van der Waals surface area contributed by atoms with Crippen LogP contribution in [0.3, 0.4) is 0 Å². The summed E-state index contributed by atoms with van der Waals surface area (Å²) in [6.07, 6.45) is 0. The highest BCUT2D eigenvalue weighted by Crippen LogP contribution is 2.16. The summed E-state index contributed by atoms with van der Waals surface area (Å²) in [7, 11) is 0. The zero-order chi connectivity index (χ0) is 17.6. The van der Waals surface area contributed by atoms with Gasteiger partial charge in [-0.3, -0.25) is 9.69 Å². The molecule has 0 atom stereocenters. The molecule has 0 spiro atoms. The molecule has 3 N–H and O–H groups in total. The van der Waals surface area contributed by atoms with Gasteiger partial charge in [-0.05, 0) is 38.1 Å². The second kappa shape index (κ2) is 8.46. The Morgan fingerprint density at radius 1 is 1.46 bits per heavy atom. The fourth-order valence-corrected chi connectivity index (χ4v) is 2.68. The van der Waals surface area contributed by atoms with Crippen molar-refractivity contribution in [2.45, 2.75) is 19.4 Å². The van der Waals surface area contributed by atoms with E-state index in [0.29, 0.717) is 24.7 Å². The SMILES string of the molecule is CC1(C)CN(CC(N)=NOCC(=O)Nc2ccc(Br)cc2)CCO1. The molecule has 2 rings (SSSR count). The van der Waals surface area contributed by atoms with Crippen molar-refractivity contribution in [1.29, 1.82) is 0 Å². The lowest BCUT2D eigenvalue weighted by atomic mass is 10.1. The number of anilines is 1. The van der Waals surface area contributed by atoms with Crippen LogP contribution >= 0.6 is 15.9 Å². The van der Waals surface area contributed by atoms with Crippen LogP contribution in [0.1, 0.15) is 13.8 Å². The number of benzene rings is 1. The molecule has 0 unspecified atom stereocenters. The number of carbonyl (C=O) groups is 1.